The van der Waals surface area contributed by atoms with Crippen LogP contribution in [0.15, 0.2) is 0 Å². The number of piperidine rings is 1. The highest BCUT2D eigenvalue weighted by Crippen LogP contribution is 2.21. The SMILES string of the molecule is CC(O)C1CCN(C[Si](C)(C)C)CC1. The molecule has 84 valence electrons. The van der Waals surface area contributed by atoms with Gasteiger partial charge in [0.25, 0.3) is 0 Å². The highest BCUT2D eigenvalue weighted by atomic mass is 28.3. The van der Waals surface area contributed by atoms with E-state index < -0.39 is 8.07 Å². The molecule has 0 bridgehead atoms. The summed E-state index contributed by atoms with van der Waals surface area (Å²) in [6, 6.07) is 0. The molecule has 1 unspecified atom stereocenters. The molecule has 2 nitrogen and oxygen atoms in total. The maximum absolute atomic E-state index is 9.49. The first-order chi connectivity index (χ1) is 6.38. The maximum atomic E-state index is 9.49. The van der Waals surface area contributed by atoms with Crippen LogP contribution in [0.2, 0.25) is 19.6 Å². The molecular formula is C11H25NOSi. The van der Waals surface area contributed by atoms with E-state index in [1.807, 2.05) is 6.92 Å². The largest absolute Gasteiger partial charge is 0.393 e. The minimum absolute atomic E-state index is 0.107. The van der Waals surface area contributed by atoms with E-state index in [1.165, 1.54) is 32.1 Å². The van der Waals surface area contributed by atoms with Crippen LogP contribution in [0.25, 0.3) is 0 Å². The summed E-state index contributed by atoms with van der Waals surface area (Å²) in [5.41, 5.74) is 0. The Bertz CT molecular complexity index is 169. The summed E-state index contributed by atoms with van der Waals surface area (Å²) >= 11 is 0. The fourth-order valence-corrected chi connectivity index (χ4v) is 3.92. The molecule has 0 aromatic rings. The molecule has 0 aromatic carbocycles. The Labute approximate surface area is 89.3 Å². The number of aliphatic hydroxyl groups is 1. The number of rotatable bonds is 3. The minimum atomic E-state index is -0.930. The average molecular weight is 215 g/mol. The summed E-state index contributed by atoms with van der Waals surface area (Å²) in [4.78, 5) is 2.59. The molecule has 0 saturated carbocycles. The molecule has 1 saturated heterocycles. The number of hydrogen-bond donors (Lipinski definition) is 1. The molecule has 0 aromatic heterocycles. The first-order valence-electron chi connectivity index (χ1n) is 5.79. The molecule has 0 radical (unpaired) electrons. The zero-order valence-electron chi connectivity index (χ0n) is 10.1. The Hall–Kier alpha value is 0.137. The van der Waals surface area contributed by atoms with E-state index in [-0.39, 0.29) is 6.10 Å². The van der Waals surface area contributed by atoms with Crippen molar-refractivity contribution in [3.8, 4) is 0 Å². The normalized spacial score (nSPS) is 23.8. The van der Waals surface area contributed by atoms with Gasteiger partial charge in [0, 0.05) is 0 Å². The molecule has 1 aliphatic rings. The van der Waals surface area contributed by atoms with Gasteiger partial charge in [0.05, 0.1) is 14.2 Å². The van der Waals surface area contributed by atoms with Crippen LogP contribution < -0.4 is 0 Å². The standard InChI is InChI=1S/C11H25NOSi/c1-10(13)11-5-7-12(8-6-11)9-14(2,3)4/h10-11,13H,5-9H2,1-4H3. The van der Waals surface area contributed by atoms with Crippen molar-refractivity contribution >= 4 is 8.07 Å². The summed E-state index contributed by atoms with van der Waals surface area (Å²) in [6.07, 6.45) is 3.58. The molecule has 0 amide bonds. The fourth-order valence-electron chi connectivity index (χ4n) is 2.26. The molecule has 3 heteroatoms. The van der Waals surface area contributed by atoms with E-state index in [0.29, 0.717) is 5.92 Å². The van der Waals surface area contributed by atoms with Crippen LogP contribution in [-0.4, -0.2) is 43.4 Å². The van der Waals surface area contributed by atoms with Crippen LogP contribution in [0.1, 0.15) is 19.8 Å². The van der Waals surface area contributed by atoms with Crippen molar-refractivity contribution in [1.82, 2.24) is 4.90 Å². The lowest BCUT2D eigenvalue weighted by molar-refractivity contribution is 0.0769. The monoisotopic (exact) mass is 215 g/mol. The van der Waals surface area contributed by atoms with E-state index in [4.69, 9.17) is 0 Å². The van der Waals surface area contributed by atoms with Crippen LogP contribution in [-0.2, 0) is 0 Å². The van der Waals surface area contributed by atoms with Crippen molar-refractivity contribution in [2.45, 2.75) is 45.5 Å². The quantitative estimate of drug-likeness (QED) is 0.728. The Morgan fingerprint density at radius 3 is 2.14 bits per heavy atom. The van der Waals surface area contributed by atoms with Crippen molar-refractivity contribution in [1.29, 1.82) is 0 Å². The number of hydrogen-bond acceptors (Lipinski definition) is 2. The molecule has 1 rings (SSSR count). The molecule has 0 spiro atoms. The van der Waals surface area contributed by atoms with Gasteiger partial charge in [-0.05, 0) is 44.9 Å². The topological polar surface area (TPSA) is 23.5 Å². The highest BCUT2D eigenvalue weighted by Gasteiger charge is 2.25. The molecule has 1 heterocycles. The van der Waals surface area contributed by atoms with Gasteiger partial charge in [-0.3, -0.25) is 0 Å². The second-order valence-electron chi connectivity index (χ2n) is 5.91. The second-order valence-corrected chi connectivity index (χ2v) is 11.4. The summed E-state index contributed by atoms with van der Waals surface area (Å²) in [7, 11) is -0.930. The van der Waals surface area contributed by atoms with Crippen LogP contribution in [0, 0.1) is 5.92 Å². The van der Waals surface area contributed by atoms with E-state index in [0.717, 1.165) is 0 Å². The highest BCUT2D eigenvalue weighted by molar-refractivity contribution is 6.76. The van der Waals surface area contributed by atoms with Gasteiger partial charge in [-0.1, -0.05) is 19.6 Å². The maximum Gasteiger partial charge on any atom is 0.0599 e. The van der Waals surface area contributed by atoms with Crippen LogP contribution in [0.3, 0.4) is 0 Å². The third-order valence-corrected chi connectivity index (χ3v) is 4.41. The van der Waals surface area contributed by atoms with E-state index >= 15 is 0 Å². The molecule has 0 aliphatic carbocycles. The zero-order valence-corrected chi connectivity index (χ0v) is 11.1. The Morgan fingerprint density at radius 1 is 1.29 bits per heavy atom. The summed E-state index contributed by atoms with van der Waals surface area (Å²) in [5, 5.41) is 9.49. The van der Waals surface area contributed by atoms with E-state index in [2.05, 4.69) is 24.5 Å². The van der Waals surface area contributed by atoms with Crippen LogP contribution in [0.4, 0.5) is 0 Å². The molecule has 1 aliphatic heterocycles. The predicted molar refractivity (Wildman–Crippen MR) is 64.2 cm³/mol. The van der Waals surface area contributed by atoms with E-state index in [9.17, 15) is 5.11 Å². The molecule has 1 atom stereocenters. The smallest absolute Gasteiger partial charge is 0.0599 e. The van der Waals surface area contributed by atoms with Crippen molar-refractivity contribution < 1.29 is 5.11 Å². The van der Waals surface area contributed by atoms with Gasteiger partial charge in [0.15, 0.2) is 0 Å². The van der Waals surface area contributed by atoms with Gasteiger partial charge in [0.1, 0.15) is 0 Å². The third kappa shape index (κ3) is 4.11. The van der Waals surface area contributed by atoms with Gasteiger partial charge in [0.2, 0.25) is 0 Å². The first-order valence-corrected chi connectivity index (χ1v) is 9.49. The fraction of sp³-hybridized carbons (Fsp3) is 1.00. The number of nitrogens with zero attached hydrogens (tertiary/aromatic N) is 1. The molecule has 14 heavy (non-hydrogen) atoms. The lowest BCUT2D eigenvalue weighted by Gasteiger charge is -2.36. The lowest BCUT2D eigenvalue weighted by Crippen LogP contribution is -2.45. The van der Waals surface area contributed by atoms with Crippen molar-refractivity contribution in [3.63, 3.8) is 0 Å². The van der Waals surface area contributed by atoms with Crippen LogP contribution >= 0.6 is 0 Å². The Kier molecular flexibility index (Phi) is 4.16. The summed E-state index contributed by atoms with van der Waals surface area (Å²) in [6.45, 7) is 11.6. The lowest BCUT2D eigenvalue weighted by atomic mass is 9.92. The zero-order chi connectivity index (χ0) is 10.8. The van der Waals surface area contributed by atoms with Crippen LogP contribution in [0.5, 0.6) is 0 Å². The second kappa shape index (κ2) is 4.77. The van der Waals surface area contributed by atoms with Gasteiger partial charge in [-0.2, -0.15) is 0 Å². The summed E-state index contributed by atoms with van der Waals surface area (Å²) in [5.74, 6) is 0.549. The van der Waals surface area contributed by atoms with Gasteiger partial charge in [-0.25, -0.2) is 0 Å². The third-order valence-electron chi connectivity index (χ3n) is 3.01. The first kappa shape index (κ1) is 12.2. The summed E-state index contributed by atoms with van der Waals surface area (Å²) < 4.78 is 0. The molecular weight excluding hydrogens is 190 g/mol. The Morgan fingerprint density at radius 2 is 1.79 bits per heavy atom. The van der Waals surface area contributed by atoms with Crippen molar-refractivity contribution in [2.75, 3.05) is 19.3 Å². The minimum Gasteiger partial charge on any atom is -0.393 e. The van der Waals surface area contributed by atoms with Crippen molar-refractivity contribution in [2.24, 2.45) is 5.92 Å². The number of aliphatic hydroxyl groups excluding tert-OH is 1. The predicted octanol–water partition coefficient (Wildman–Crippen LogP) is 1.96. The van der Waals surface area contributed by atoms with Gasteiger partial charge in [-0.15, -0.1) is 0 Å². The molecule has 1 N–H and O–H groups in total. The van der Waals surface area contributed by atoms with Gasteiger partial charge < -0.3 is 10.0 Å². The van der Waals surface area contributed by atoms with Crippen molar-refractivity contribution in [3.05, 3.63) is 0 Å². The number of likely N-dealkylation sites (tertiary alicyclic amines) is 1. The van der Waals surface area contributed by atoms with Gasteiger partial charge >= 0.3 is 0 Å². The van der Waals surface area contributed by atoms with E-state index in [1.54, 1.807) is 0 Å². The molecule has 1 fully saturated rings. The Balaban J connectivity index is 2.29. The average Bonchev–Trinajstić information content (AvgIpc) is 2.02.